The highest BCUT2D eigenvalue weighted by molar-refractivity contribution is 7.11. The molecule has 0 unspecified atom stereocenters. The molecule has 1 aromatic heterocycles. The molecule has 2 aromatic rings. The number of hydrogen-bond donors (Lipinski definition) is 1. The summed E-state index contributed by atoms with van der Waals surface area (Å²) < 4.78 is 10.8. The summed E-state index contributed by atoms with van der Waals surface area (Å²) in [6.45, 7) is 6.62. The fourth-order valence-corrected chi connectivity index (χ4v) is 3.15. The summed E-state index contributed by atoms with van der Waals surface area (Å²) in [5.74, 6) is 1.66. The summed E-state index contributed by atoms with van der Waals surface area (Å²) in [6.07, 6.45) is 0.785. The molecule has 0 bridgehead atoms. The molecule has 0 aliphatic rings. The normalized spacial score (nSPS) is 11.5. The molecule has 1 aromatic carbocycles. The van der Waals surface area contributed by atoms with Gasteiger partial charge in [0.2, 0.25) is 0 Å². The Balaban J connectivity index is 1.91. The van der Waals surface area contributed by atoms with Crippen molar-refractivity contribution >= 4 is 11.3 Å². The Morgan fingerprint density at radius 3 is 2.33 bits per heavy atom. The predicted octanol–water partition coefficient (Wildman–Crippen LogP) is 3.28. The van der Waals surface area contributed by atoms with Crippen LogP contribution in [0.25, 0.3) is 0 Å². The number of hydrogen-bond acceptors (Lipinski definition) is 5. The van der Waals surface area contributed by atoms with Gasteiger partial charge in [0.25, 0.3) is 0 Å². The van der Waals surface area contributed by atoms with Gasteiger partial charge in [0.1, 0.15) is 11.5 Å². The van der Waals surface area contributed by atoms with E-state index in [1.54, 1.807) is 18.4 Å². The zero-order valence-electron chi connectivity index (χ0n) is 13.0. The highest BCUT2D eigenvalue weighted by Crippen LogP contribution is 2.28. The van der Waals surface area contributed by atoms with Crippen LogP contribution in [-0.4, -0.2) is 18.7 Å². The van der Waals surface area contributed by atoms with Crippen molar-refractivity contribution in [1.82, 2.24) is 4.98 Å². The van der Waals surface area contributed by atoms with E-state index in [-0.39, 0.29) is 5.54 Å². The molecular weight excluding hydrogens is 284 g/mol. The van der Waals surface area contributed by atoms with E-state index >= 15 is 0 Å². The van der Waals surface area contributed by atoms with Crippen LogP contribution in [0.1, 0.15) is 29.4 Å². The van der Waals surface area contributed by atoms with Crippen LogP contribution < -0.4 is 15.2 Å². The monoisotopic (exact) mass is 306 g/mol. The molecule has 0 radical (unpaired) electrons. The fraction of sp³-hybridized carbons (Fsp3) is 0.438. The van der Waals surface area contributed by atoms with Crippen molar-refractivity contribution in [2.75, 3.05) is 13.7 Å². The Labute approximate surface area is 129 Å². The van der Waals surface area contributed by atoms with Crippen LogP contribution in [0.3, 0.4) is 0 Å². The van der Waals surface area contributed by atoms with Gasteiger partial charge in [0.15, 0.2) is 0 Å². The minimum Gasteiger partial charge on any atom is -0.497 e. The summed E-state index contributed by atoms with van der Waals surface area (Å²) in [6, 6.07) is 7.58. The number of nitrogens with two attached hydrogens (primary N) is 1. The van der Waals surface area contributed by atoms with Crippen molar-refractivity contribution in [3.05, 3.63) is 39.8 Å². The van der Waals surface area contributed by atoms with E-state index in [2.05, 4.69) is 4.98 Å². The van der Waals surface area contributed by atoms with E-state index < -0.39 is 0 Å². The lowest BCUT2D eigenvalue weighted by Gasteiger charge is -2.16. The molecule has 4 nitrogen and oxygen atoms in total. The molecule has 0 aliphatic heterocycles. The van der Waals surface area contributed by atoms with Crippen molar-refractivity contribution in [2.24, 2.45) is 5.73 Å². The van der Waals surface area contributed by atoms with Gasteiger partial charge < -0.3 is 15.2 Å². The number of aromatic nitrogens is 1. The SMILES string of the molecule is COc1ccc(OCCc2nc(C)c(C(C)(C)N)s2)cc1. The van der Waals surface area contributed by atoms with Gasteiger partial charge in [-0.05, 0) is 45.0 Å². The third-order valence-electron chi connectivity index (χ3n) is 3.07. The van der Waals surface area contributed by atoms with Gasteiger partial charge in [-0.2, -0.15) is 0 Å². The number of benzene rings is 1. The first kappa shape index (κ1) is 15.8. The highest BCUT2D eigenvalue weighted by Gasteiger charge is 2.21. The largest absolute Gasteiger partial charge is 0.497 e. The van der Waals surface area contributed by atoms with Gasteiger partial charge >= 0.3 is 0 Å². The maximum Gasteiger partial charge on any atom is 0.119 e. The molecule has 0 spiro atoms. The molecule has 2 N–H and O–H groups in total. The lowest BCUT2D eigenvalue weighted by atomic mass is 10.0. The van der Waals surface area contributed by atoms with Gasteiger partial charge in [-0.1, -0.05) is 0 Å². The molecule has 21 heavy (non-hydrogen) atoms. The second-order valence-corrected chi connectivity index (χ2v) is 6.60. The predicted molar refractivity (Wildman–Crippen MR) is 86.3 cm³/mol. The van der Waals surface area contributed by atoms with Crippen LogP contribution in [-0.2, 0) is 12.0 Å². The molecule has 114 valence electrons. The van der Waals surface area contributed by atoms with Gasteiger partial charge in [-0.15, -0.1) is 11.3 Å². The van der Waals surface area contributed by atoms with Crippen molar-refractivity contribution in [2.45, 2.75) is 32.7 Å². The van der Waals surface area contributed by atoms with E-state index in [1.165, 1.54) is 0 Å². The van der Waals surface area contributed by atoms with E-state index in [9.17, 15) is 0 Å². The van der Waals surface area contributed by atoms with Gasteiger partial charge in [-0.25, -0.2) is 4.98 Å². The number of rotatable bonds is 6. The number of methoxy groups -OCH3 is 1. The molecule has 0 saturated heterocycles. The van der Waals surface area contributed by atoms with E-state index in [0.29, 0.717) is 6.61 Å². The molecule has 0 saturated carbocycles. The average molecular weight is 306 g/mol. The van der Waals surface area contributed by atoms with Crippen LogP contribution in [0.2, 0.25) is 0 Å². The Kier molecular flexibility index (Phi) is 4.85. The fourth-order valence-electron chi connectivity index (χ4n) is 2.09. The van der Waals surface area contributed by atoms with Crippen molar-refractivity contribution in [1.29, 1.82) is 0 Å². The van der Waals surface area contributed by atoms with Crippen LogP contribution in [0, 0.1) is 6.92 Å². The highest BCUT2D eigenvalue weighted by atomic mass is 32.1. The minimum absolute atomic E-state index is 0.336. The standard InChI is InChI=1S/C16H22N2O2S/c1-11-15(16(2,3)17)21-14(18-11)9-10-20-13-7-5-12(19-4)6-8-13/h5-8H,9-10,17H2,1-4H3. The third-order valence-corrected chi connectivity index (χ3v) is 4.63. The van der Waals surface area contributed by atoms with Crippen LogP contribution >= 0.6 is 11.3 Å². The summed E-state index contributed by atoms with van der Waals surface area (Å²) in [7, 11) is 1.65. The van der Waals surface area contributed by atoms with Crippen molar-refractivity contribution in [3.63, 3.8) is 0 Å². The molecule has 0 atom stereocenters. The lowest BCUT2D eigenvalue weighted by Crippen LogP contribution is -2.28. The molecule has 2 rings (SSSR count). The Bertz CT molecular complexity index is 585. The number of thiazole rings is 1. The molecule has 0 fully saturated rings. The summed E-state index contributed by atoms with van der Waals surface area (Å²) in [5, 5.41) is 1.06. The topological polar surface area (TPSA) is 57.4 Å². The van der Waals surface area contributed by atoms with Gasteiger partial charge in [0.05, 0.1) is 24.4 Å². The molecule has 0 aliphatic carbocycles. The van der Waals surface area contributed by atoms with E-state index in [4.69, 9.17) is 15.2 Å². The molecule has 1 heterocycles. The number of nitrogens with zero attached hydrogens (tertiary/aromatic N) is 1. The van der Waals surface area contributed by atoms with Gasteiger partial charge in [-0.3, -0.25) is 0 Å². The third kappa shape index (κ3) is 4.19. The van der Waals surface area contributed by atoms with Crippen molar-refractivity contribution < 1.29 is 9.47 Å². The van der Waals surface area contributed by atoms with Crippen LogP contribution in [0.15, 0.2) is 24.3 Å². The first-order valence-corrected chi connectivity index (χ1v) is 7.74. The smallest absolute Gasteiger partial charge is 0.119 e. The zero-order valence-corrected chi connectivity index (χ0v) is 13.8. The Morgan fingerprint density at radius 1 is 1.19 bits per heavy atom. The molecule has 0 amide bonds. The van der Waals surface area contributed by atoms with E-state index in [0.717, 1.165) is 33.5 Å². The number of aryl methyl sites for hydroxylation is 1. The van der Waals surface area contributed by atoms with Gasteiger partial charge in [0, 0.05) is 16.8 Å². The summed E-state index contributed by atoms with van der Waals surface area (Å²) >= 11 is 1.67. The van der Waals surface area contributed by atoms with Crippen molar-refractivity contribution in [3.8, 4) is 11.5 Å². The second-order valence-electron chi connectivity index (χ2n) is 5.52. The Morgan fingerprint density at radius 2 is 1.81 bits per heavy atom. The first-order chi connectivity index (χ1) is 9.90. The quantitative estimate of drug-likeness (QED) is 0.890. The molecular formula is C16H22N2O2S. The number of ether oxygens (including phenoxy) is 2. The summed E-state index contributed by atoms with van der Waals surface area (Å²) in [5.41, 5.74) is 6.83. The minimum atomic E-state index is -0.336. The van der Waals surface area contributed by atoms with E-state index in [1.807, 2.05) is 45.0 Å². The van der Waals surface area contributed by atoms with Crippen LogP contribution in [0.5, 0.6) is 11.5 Å². The maximum atomic E-state index is 6.15. The second kappa shape index (κ2) is 6.45. The first-order valence-electron chi connectivity index (χ1n) is 6.92. The van der Waals surface area contributed by atoms with Crippen LogP contribution in [0.4, 0.5) is 0 Å². The molecule has 5 heteroatoms. The summed E-state index contributed by atoms with van der Waals surface area (Å²) in [4.78, 5) is 5.71. The zero-order chi connectivity index (χ0) is 15.5. The lowest BCUT2D eigenvalue weighted by molar-refractivity contribution is 0.321. The Hall–Kier alpha value is -1.59. The average Bonchev–Trinajstić information content (AvgIpc) is 2.81. The maximum absolute atomic E-state index is 6.15.